The van der Waals surface area contributed by atoms with E-state index in [0.717, 1.165) is 0 Å². The van der Waals surface area contributed by atoms with Crippen LogP contribution in [-0.2, 0) is 10.0 Å². The lowest BCUT2D eigenvalue weighted by molar-refractivity contribution is 0.103. The largest absolute Gasteiger partial charge is 0.497 e. The van der Waals surface area contributed by atoms with Gasteiger partial charge in [-0.05, 0) is 24.3 Å². The molecule has 0 amide bonds. The second-order valence-corrected chi connectivity index (χ2v) is 5.63. The first kappa shape index (κ1) is 14.2. The minimum atomic E-state index is -3.95. The van der Waals surface area contributed by atoms with Gasteiger partial charge < -0.3 is 4.74 Å². The molecule has 0 unspecified atom stereocenters. The van der Waals surface area contributed by atoms with Gasteiger partial charge in [0.2, 0.25) is 10.0 Å². The average molecular weight is 291 g/mol. The van der Waals surface area contributed by atoms with Crippen molar-refractivity contribution in [2.24, 2.45) is 5.14 Å². The summed E-state index contributed by atoms with van der Waals surface area (Å²) in [5.41, 5.74) is 0.378. The van der Waals surface area contributed by atoms with Crippen molar-refractivity contribution in [3.63, 3.8) is 0 Å². The molecule has 0 bridgehead atoms. The predicted molar refractivity (Wildman–Crippen MR) is 74.2 cm³/mol. The molecule has 2 rings (SSSR count). The van der Waals surface area contributed by atoms with E-state index in [9.17, 15) is 13.2 Å². The number of methoxy groups -OCH3 is 1. The monoisotopic (exact) mass is 291 g/mol. The Morgan fingerprint density at radius 1 is 1.10 bits per heavy atom. The highest BCUT2D eigenvalue weighted by molar-refractivity contribution is 7.89. The van der Waals surface area contributed by atoms with E-state index in [-0.39, 0.29) is 10.5 Å². The lowest BCUT2D eigenvalue weighted by Crippen LogP contribution is -2.17. The maximum absolute atomic E-state index is 12.4. The molecule has 0 aliphatic rings. The van der Waals surface area contributed by atoms with E-state index in [1.165, 1.54) is 25.3 Å². The standard InChI is InChI=1S/C14H13NO4S/c1-19-11-6-4-5-10(9-11)14(16)12-7-2-3-8-13(12)20(15,17)18/h2-9H,1H3,(H2,15,17,18). The Balaban J connectivity index is 2.54. The van der Waals surface area contributed by atoms with E-state index in [1.54, 1.807) is 30.3 Å². The van der Waals surface area contributed by atoms with E-state index in [1.807, 2.05) is 0 Å². The highest BCUT2D eigenvalue weighted by Gasteiger charge is 2.19. The second-order valence-electron chi connectivity index (χ2n) is 4.10. The number of nitrogens with two attached hydrogens (primary N) is 1. The number of hydrogen-bond acceptors (Lipinski definition) is 4. The van der Waals surface area contributed by atoms with Gasteiger partial charge in [-0.3, -0.25) is 4.79 Å². The summed E-state index contributed by atoms with van der Waals surface area (Å²) in [4.78, 5) is 12.2. The van der Waals surface area contributed by atoms with Crippen LogP contribution in [0.25, 0.3) is 0 Å². The van der Waals surface area contributed by atoms with Crippen molar-refractivity contribution >= 4 is 15.8 Å². The van der Waals surface area contributed by atoms with Crippen molar-refractivity contribution < 1.29 is 17.9 Å². The van der Waals surface area contributed by atoms with Crippen molar-refractivity contribution in [1.29, 1.82) is 0 Å². The van der Waals surface area contributed by atoms with Gasteiger partial charge in [-0.25, -0.2) is 13.6 Å². The van der Waals surface area contributed by atoms with Gasteiger partial charge in [-0.1, -0.05) is 24.3 Å². The molecule has 2 aromatic rings. The number of carbonyl (C=O) groups is 1. The van der Waals surface area contributed by atoms with Crippen LogP contribution in [0.4, 0.5) is 0 Å². The quantitative estimate of drug-likeness (QED) is 0.866. The van der Waals surface area contributed by atoms with Crippen LogP contribution in [-0.4, -0.2) is 21.3 Å². The SMILES string of the molecule is COc1cccc(C(=O)c2ccccc2S(N)(=O)=O)c1. The van der Waals surface area contributed by atoms with Crippen molar-refractivity contribution in [2.75, 3.05) is 7.11 Å². The van der Waals surface area contributed by atoms with Gasteiger partial charge in [-0.2, -0.15) is 0 Å². The van der Waals surface area contributed by atoms with Crippen LogP contribution in [0.15, 0.2) is 53.4 Å². The van der Waals surface area contributed by atoms with Crippen LogP contribution in [0.3, 0.4) is 0 Å². The molecule has 20 heavy (non-hydrogen) atoms. The molecule has 0 aliphatic heterocycles. The van der Waals surface area contributed by atoms with Gasteiger partial charge in [0.1, 0.15) is 5.75 Å². The van der Waals surface area contributed by atoms with Gasteiger partial charge in [-0.15, -0.1) is 0 Å². The van der Waals surface area contributed by atoms with Crippen molar-refractivity contribution in [3.8, 4) is 5.75 Å². The predicted octanol–water partition coefficient (Wildman–Crippen LogP) is 1.57. The molecule has 0 atom stereocenters. The van der Waals surface area contributed by atoms with E-state index in [4.69, 9.17) is 9.88 Å². The minimum absolute atomic E-state index is 0.0447. The summed E-state index contributed by atoms with van der Waals surface area (Å²) >= 11 is 0. The van der Waals surface area contributed by atoms with Crippen LogP contribution in [0, 0.1) is 0 Å². The summed E-state index contributed by atoms with van der Waals surface area (Å²) in [6.45, 7) is 0. The maximum Gasteiger partial charge on any atom is 0.238 e. The number of primary sulfonamides is 1. The van der Waals surface area contributed by atoms with Crippen LogP contribution >= 0.6 is 0 Å². The van der Waals surface area contributed by atoms with Crippen molar-refractivity contribution in [2.45, 2.75) is 4.90 Å². The Morgan fingerprint density at radius 3 is 2.45 bits per heavy atom. The molecular weight excluding hydrogens is 278 g/mol. The third-order valence-corrected chi connectivity index (χ3v) is 3.74. The van der Waals surface area contributed by atoms with Gasteiger partial charge >= 0.3 is 0 Å². The molecule has 0 spiro atoms. The number of sulfonamides is 1. The Labute approximate surface area is 117 Å². The molecule has 6 heteroatoms. The van der Waals surface area contributed by atoms with Crippen molar-refractivity contribution in [3.05, 3.63) is 59.7 Å². The molecule has 5 nitrogen and oxygen atoms in total. The molecule has 2 aromatic carbocycles. The van der Waals surface area contributed by atoms with E-state index >= 15 is 0 Å². The fourth-order valence-corrected chi connectivity index (χ4v) is 2.56. The Kier molecular flexibility index (Phi) is 3.87. The normalized spacial score (nSPS) is 11.1. The van der Waals surface area contributed by atoms with Gasteiger partial charge in [0.15, 0.2) is 5.78 Å². The highest BCUT2D eigenvalue weighted by Crippen LogP contribution is 2.20. The third-order valence-electron chi connectivity index (χ3n) is 2.77. The van der Waals surface area contributed by atoms with Crippen LogP contribution in [0.2, 0.25) is 0 Å². The van der Waals surface area contributed by atoms with Gasteiger partial charge in [0, 0.05) is 11.1 Å². The number of ether oxygens (including phenoxy) is 1. The highest BCUT2D eigenvalue weighted by atomic mass is 32.2. The number of benzene rings is 2. The van der Waals surface area contributed by atoms with Crippen LogP contribution in [0.5, 0.6) is 5.75 Å². The number of ketones is 1. The van der Waals surface area contributed by atoms with E-state index in [0.29, 0.717) is 11.3 Å². The minimum Gasteiger partial charge on any atom is -0.497 e. The lowest BCUT2D eigenvalue weighted by atomic mass is 10.0. The summed E-state index contributed by atoms with van der Waals surface area (Å²) in [5.74, 6) is 0.0949. The smallest absolute Gasteiger partial charge is 0.238 e. The molecule has 0 aromatic heterocycles. The number of hydrogen-bond donors (Lipinski definition) is 1. The first-order valence-corrected chi connectivity index (χ1v) is 7.28. The molecule has 0 saturated carbocycles. The number of rotatable bonds is 4. The molecule has 0 fully saturated rings. The Morgan fingerprint density at radius 2 is 1.80 bits per heavy atom. The van der Waals surface area contributed by atoms with Crippen LogP contribution < -0.4 is 9.88 Å². The molecule has 0 saturated heterocycles. The van der Waals surface area contributed by atoms with Gasteiger partial charge in [0.05, 0.1) is 12.0 Å². The zero-order valence-corrected chi connectivity index (χ0v) is 11.6. The summed E-state index contributed by atoms with van der Waals surface area (Å²) in [7, 11) is -2.47. The molecular formula is C14H13NO4S. The molecule has 104 valence electrons. The second kappa shape index (κ2) is 5.44. The zero-order chi connectivity index (χ0) is 14.8. The number of carbonyl (C=O) groups excluding carboxylic acids is 1. The zero-order valence-electron chi connectivity index (χ0n) is 10.7. The first-order chi connectivity index (χ1) is 9.43. The lowest BCUT2D eigenvalue weighted by Gasteiger charge is -2.07. The average Bonchev–Trinajstić information content (AvgIpc) is 2.45. The summed E-state index contributed by atoms with van der Waals surface area (Å²) in [5, 5.41) is 5.12. The Hall–Kier alpha value is -2.18. The molecule has 0 radical (unpaired) electrons. The fourth-order valence-electron chi connectivity index (χ4n) is 1.82. The third kappa shape index (κ3) is 2.87. The molecule has 2 N–H and O–H groups in total. The summed E-state index contributed by atoms with van der Waals surface area (Å²) in [6, 6.07) is 12.3. The molecule has 0 heterocycles. The first-order valence-electron chi connectivity index (χ1n) is 5.74. The van der Waals surface area contributed by atoms with Gasteiger partial charge in [0.25, 0.3) is 0 Å². The van der Waals surface area contributed by atoms with Crippen LogP contribution in [0.1, 0.15) is 15.9 Å². The fraction of sp³-hybridized carbons (Fsp3) is 0.0714. The van der Waals surface area contributed by atoms with E-state index in [2.05, 4.69) is 0 Å². The molecule has 0 aliphatic carbocycles. The summed E-state index contributed by atoms with van der Waals surface area (Å²) < 4.78 is 28.1. The Bertz CT molecular complexity index is 753. The summed E-state index contributed by atoms with van der Waals surface area (Å²) in [6.07, 6.45) is 0. The van der Waals surface area contributed by atoms with E-state index < -0.39 is 15.8 Å². The van der Waals surface area contributed by atoms with Crippen molar-refractivity contribution in [1.82, 2.24) is 0 Å². The maximum atomic E-state index is 12.4. The topological polar surface area (TPSA) is 86.5 Å².